The highest BCUT2D eigenvalue weighted by atomic mass is 16.4. The van der Waals surface area contributed by atoms with Gasteiger partial charge in [-0.25, -0.2) is 4.79 Å². The van der Waals surface area contributed by atoms with Gasteiger partial charge in [0.05, 0.1) is 0 Å². The van der Waals surface area contributed by atoms with Crippen molar-refractivity contribution < 1.29 is 14.7 Å². The Kier molecular flexibility index (Phi) is 5.80. The summed E-state index contributed by atoms with van der Waals surface area (Å²) in [5.41, 5.74) is 4.53. The van der Waals surface area contributed by atoms with E-state index in [1.54, 1.807) is 0 Å². The fourth-order valence-corrected chi connectivity index (χ4v) is 1.59. The zero-order valence-electron chi connectivity index (χ0n) is 12.0. The van der Waals surface area contributed by atoms with Gasteiger partial charge < -0.3 is 16.2 Å². The molecule has 5 heteroatoms. The zero-order valence-corrected chi connectivity index (χ0v) is 12.0. The van der Waals surface area contributed by atoms with Gasteiger partial charge in [0.15, 0.2) is 0 Å². The van der Waals surface area contributed by atoms with Gasteiger partial charge in [-0.15, -0.1) is 0 Å². The van der Waals surface area contributed by atoms with E-state index < -0.39 is 11.5 Å². The Morgan fingerprint density at radius 3 is 2.11 bits per heavy atom. The van der Waals surface area contributed by atoms with Gasteiger partial charge in [-0.2, -0.15) is 0 Å². The normalized spacial score (nSPS) is 16.8. The molecule has 1 amide bonds. The molecule has 0 radical (unpaired) electrons. The molecule has 0 aromatic heterocycles. The van der Waals surface area contributed by atoms with Crippen molar-refractivity contribution in [3.63, 3.8) is 0 Å². The molecular weight excluding hydrogens is 232 g/mol. The molecule has 106 valence electrons. The Morgan fingerprint density at radius 2 is 1.78 bits per heavy atom. The second kappa shape index (κ2) is 6.18. The molecule has 18 heavy (non-hydrogen) atoms. The Labute approximate surface area is 109 Å². The van der Waals surface area contributed by atoms with Crippen LogP contribution in [0.25, 0.3) is 0 Å². The Morgan fingerprint density at radius 1 is 1.28 bits per heavy atom. The molecule has 0 aliphatic heterocycles. The van der Waals surface area contributed by atoms with Crippen LogP contribution in [0.1, 0.15) is 53.9 Å². The van der Waals surface area contributed by atoms with Crippen LogP contribution in [0.4, 0.5) is 0 Å². The Balaban J connectivity index is 4.59. The molecule has 0 aliphatic carbocycles. The second-order valence-corrected chi connectivity index (χ2v) is 6.11. The number of hydrogen-bond donors (Lipinski definition) is 3. The molecule has 0 aromatic rings. The largest absolute Gasteiger partial charge is 0.480 e. The lowest BCUT2D eigenvalue weighted by molar-refractivity contribution is -0.147. The summed E-state index contributed by atoms with van der Waals surface area (Å²) in [6.07, 6.45) is 1.23. The minimum absolute atomic E-state index is 0.135. The number of carboxylic acid groups (broad SMARTS) is 1. The first-order chi connectivity index (χ1) is 8.03. The zero-order chi connectivity index (χ0) is 14.6. The van der Waals surface area contributed by atoms with Crippen molar-refractivity contribution in [2.45, 2.75) is 65.5 Å². The van der Waals surface area contributed by atoms with E-state index in [1.165, 1.54) is 6.92 Å². The van der Waals surface area contributed by atoms with Crippen LogP contribution >= 0.6 is 0 Å². The summed E-state index contributed by atoms with van der Waals surface area (Å²) in [5.74, 6) is -1.32. The maximum absolute atomic E-state index is 11.8. The van der Waals surface area contributed by atoms with E-state index >= 15 is 0 Å². The highest BCUT2D eigenvalue weighted by Gasteiger charge is 2.34. The number of amides is 1. The number of carbonyl (C=O) groups excluding carboxylic acids is 1. The second-order valence-electron chi connectivity index (χ2n) is 6.11. The maximum Gasteiger partial charge on any atom is 0.329 e. The molecule has 0 rings (SSSR count). The quantitative estimate of drug-likeness (QED) is 0.673. The number of carboxylic acids is 1. The first kappa shape index (κ1) is 16.9. The van der Waals surface area contributed by atoms with Crippen molar-refractivity contribution in [3.05, 3.63) is 0 Å². The molecule has 0 aliphatic rings. The lowest BCUT2D eigenvalue weighted by atomic mass is 9.85. The third-order valence-corrected chi connectivity index (χ3v) is 3.16. The molecule has 0 heterocycles. The summed E-state index contributed by atoms with van der Waals surface area (Å²) >= 11 is 0. The molecule has 0 spiro atoms. The first-order valence-electron chi connectivity index (χ1n) is 6.33. The monoisotopic (exact) mass is 258 g/mol. The van der Waals surface area contributed by atoms with Gasteiger partial charge in [-0.1, -0.05) is 34.1 Å². The van der Waals surface area contributed by atoms with E-state index in [0.29, 0.717) is 12.8 Å². The standard InChI is InChI=1S/C13H26N2O3/c1-6-7-13(5,11(17)18)15-10(16)8-9(14)12(2,3)4/h9H,6-8,14H2,1-5H3,(H,15,16)(H,17,18). The Bertz CT molecular complexity index is 310. The molecule has 2 unspecified atom stereocenters. The molecule has 4 N–H and O–H groups in total. The third kappa shape index (κ3) is 5.04. The van der Waals surface area contributed by atoms with Crippen LogP contribution in [0, 0.1) is 5.41 Å². The van der Waals surface area contributed by atoms with Crippen LogP contribution in [0.15, 0.2) is 0 Å². The number of carbonyl (C=O) groups is 2. The number of hydrogen-bond acceptors (Lipinski definition) is 3. The van der Waals surface area contributed by atoms with Crippen molar-refractivity contribution in [1.82, 2.24) is 5.32 Å². The molecule has 2 atom stereocenters. The van der Waals surface area contributed by atoms with E-state index in [4.69, 9.17) is 10.8 Å². The molecule has 0 bridgehead atoms. The van der Waals surface area contributed by atoms with E-state index in [9.17, 15) is 9.59 Å². The van der Waals surface area contributed by atoms with Crippen molar-refractivity contribution in [2.24, 2.45) is 11.1 Å². The number of nitrogens with one attached hydrogen (secondary N) is 1. The first-order valence-corrected chi connectivity index (χ1v) is 6.33. The van der Waals surface area contributed by atoms with Crippen LogP contribution in [0.3, 0.4) is 0 Å². The summed E-state index contributed by atoms with van der Waals surface area (Å²) < 4.78 is 0. The van der Waals surface area contributed by atoms with Crippen LogP contribution in [0.5, 0.6) is 0 Å². The van der Waals surface area contributed by atoms with Gasteiger partial charge in [0, 0.05) is 12.5 Å². The SMILES string of the molecule is CCCC(C)(NC(=O)CC(N)C(C)(C)C)C(=O)O. The lowest BCUT2D eigenvalue weighted by Gasteiger charge is -2.30. The number of aliphatic carboxylic acids is 1. The molecular formula is C13H26N2O3. The molecule has 0 fully saturated rings. The lowest BCUT2D eigenvalue weighted by Crippen LogP contribution is -2.53. The maximum atomic E-state index is 11.8. The smallest absolute Gasteiger partial charge is 0.329 e. The van der Waals surface area contributed by atoms with Gasteiger partial charge in [0.25, 0.3) is 0 Å². The minimum atomic E-state index is -1.20. The van der Waals surface area contributed by atoms with Crippen LogP contribution in [0.2, 0.25) is 0 Å². The Hall–Kier alpha value is -1.10. The van der Waals surface area contributed by atoms with Gasteiger partial charge in [0.1, 0.15) is 5.54 Å². The highest BCUT2D eigenvalue weighted by molar-refractivity contribution is 5.86. The average Bonchev–Trinajstić information content (AvgIpc) is 2.15. The molecule has 0 saturated heterocycles. The fraction of sp³-hybridized carbons (Fsp3) is 0.846. The van der Waals surface area contributed by atoms with E-state index in [1.807, 2.05) is 27.7 Å². The molecule has 5 nitrogen and oxygen atoms in total. The van der Waals surface area contributed by atoms with E-state index in [-0.39, 0.29) is 23.8 Å². The number of rotatable bonds is 6. The topological polar surface area (TPSA) is 92.4 Å². The highest BCUT2D eigenvalue weighted by Crippen LogP contribution is 2.20. The van der Waals surface area contributed by atoms with E-state index in [2.05, 4.69) is 5.32 Å². The van der Waals surface area contributed by atoms with Crippen molar-refractivity contribution in [1.29, 1.82) is 0 Å². The van der Waals surface area contributed by atoms with Gasteiger partial charge >= 0.3 is 5.97 Å². The van der Waals surface area contributed by atoms with Crippen molar-refractivity contribution in [2.75, 3.05) is 0 Å². The fourth-order valence-electron chi connectivity index (χ4n) is 1.59. The van der Waals surface area contributed by atoms with E-state index in [0.717, 1.165) is 0 Å². The summed E-state index contributed by atoms with van der Waals surface area (Å²) in [7, 11) is 0. The van der Waals surface area contributed by atoms with Gasteiger partial charge in [0.2, 0.25) is 5.91 Å². The summed E-state index contributed by atoms with van der Waals surface area (Å²) in [5, 5.41) is 11.7. The molecule has 0 saturated carbocycles. The van der Waals surface area contributed by atoms with Crippen molar-refractivity contribution in [3.8, 4) is 0 Å². The number of nitrogens with two attached hydrogens (primary N) is 1. The summed E-state index contributed by atoms with van der Waals surface area (Å²) in [4.78, 5) is 23.0. The van der Waals surface area contributed by atoms with Crippen LogP contribution in [-0.4, -0.2) is 28.6 Å². The predicted molar refractivity (Wildman–Crippen MR) is 71.1 cm³/mol. The summed E-state index contributed by atoms with van der Waals surface area (Å²) in [6, 6.07) is -0.294. The third-order valence-electron chi connectivity index (χ3n) is 3.16. The van der Waals surface area contributed by atoms with Gasteiger partial charge in [-0.05, 0) is 18.8 Å². The van der Waals surface area contributed by atoms with Crippen molar-refractivity contribution >= 4 is 11.9 Å². The minimum Gasteiger partial charge on any atom is -0.480 e. The summed E-state index contributed by atoms with van der Waals surface area (Å²) in [6.45, 7) is 9.27. The average molecular weight is 258 g/mol. The van der Waals surface area contributed by atoms with Crippen LogP contribution in [-0.2, 0) is 9.59 Å². The predicted octanol–water partition coefficient (Wildman–Crippen LogP) is 1.51. The molecule has 0 aromatic carbocycles. The van der Waals surface area contributed by atoms with Crippen LogP contribution < -0.4 is 11.1 Å². The van der Waals surface area contributed by atoms with Gasteiger partial charge in [-0.3, -0.25) is 4.79 Å².